The molecule has 0 spiro atoms. The minimum absolute atomic E-state index is 0.307. The monoisotopic (exact) mass is 268 g/mol. The van der Waals surface area contributed by atoms with E-state index in [1.54, 1.807) is 0 Å². The van der Waals surface area contributed by atoms with Gasteiger partial charge in [0.05, 0.1) is 24.0 Å². The molecule has 104 valence electrons. The van der Waals surface area contributed by atoms with Crippen molar-refractivity contribution in [3.63, 3.8) is 0 Å². The predicted octanol–water partition coefficient (Wildman–Crippen LogP) is 3.69. The molecule has 1 unspecified atom stereocenters. The molecule has 3 heteroatoms. The molecule has 0 fully saturated rings. The van der Waals surface area contributed by atoms with Gasteiger partial charge in [-0.1, -0.05) is 30.3 Å². The third-order valence-electron chi connectivity index (χ3n) is 3.67. The van der Waals surface area contributed by atoms with Gasteiger partial charge in [-0.25, -0.2) is 0 Å². The number of hydrogen-bond acceptors (Lipinski definition) is 3. The summed E-state index contributed by atoms with van der Waals surface area (Å²) in [5.41, 5.74) is 3.61. The van der Waals surface area contributed by atoms with Gasteiger partial charge in [0.15, 0.2) is 0 Å². The molecule has 1 atom stereocenters. The highest BCUT2D eigenvalue weighted by Crippen LogP contribution is 2.36. The van der Waals surface area contributed by atoms with Crippen molar-refractivity contribution >= 4 is 11.4 Å². The standard InChI is InChI=1S/C17H20N2O/c1-19(2)16-9-5-4-8-15(16)18-14-11-12-20-17-10-6-3-7-13(14)17/h3-10,14,18H,11-12H2,1-2H3. The Bertz CT molecular complexity index is 595. The lowest BCUT2D eigenvalue weighted by atomic mass is 10.00. The Hall–Kier alpha value is -2.16. The molecule has 0 aromatic heterocycles. The first-order valence-corrected chi connectivity index (χ1v) is 7.00. The third-order valence-corrected chi connectivity index (χ3v) is 3.67. The van der Waals surface area contributed by atoms with Crippen LogP contribution in [0.3, 0.4) is 0 Å². The topological polar surface area (TPSA) is 24.5 Å². The van der Waals surface area contributed by atoms with Crippen LogP contribution in [0.2, 0.25) is 0 Å². The van der Waals surface area contributed by atoms with Crippen molar-refractivity contribution in [1.29, 1.82) is 0 Å². The Morgan fingerprint density at radius 3 is 2.65 bits per heavy atom. The number of benzene rings is 2. The van der Waals surface area contributed by atoms with Crippen LogP contribution in [0.15, 0.2) is 48.5 Å². The first kappa shape index (κ1) is 12.9. The summed E-state index contributed by atoms with van der Waals surface area (Å²) in [5, 5.41) is 3.67. The number of rotatable bonds is 3. The van der Waals surface area contributed by atoms with Crippen LogP contribution < -0.4 is 15.0 Å². The summed E-state index contributed by atoms with van der Waals surface area (Å²) >= 11 is 0. The number of para-hydroxylation sites is 3. The van der Waals surface area contributed by atoms with E-state index >= 15 is 0 Å². The third kappa shape index (κ3) is 2.44. The van der Waals surface area contributed by atoms with Gasteiger partial charge in [0.2, 0.25) is 0 Å². The van der Waals surface area contributed by atoms with E-state index in [4.69, 9.17) is 4.74 Å². The van der Waals surface area contributed by atoms with Gasteiger partial charge >= 0.3 is 0 Å². The smallest absolute Gasteiger partial charge is 0.124 e. The Morgan fingerprint density at radius 1 is 1.05 bits per heavy atom. The lowest BCUT2D eigenvalue weighted by Crippen LogP contribution is -2.21. The Kier molecular flexibility index (Phi) is 3.50. The Labute approximate surface area is 120 Å². The maximum absolute atomic E-state index is 5.72. The van der Waals surface area contributed by atoms with E-state index < -0.39 is 0 Å². The largest absolute Gasteiger partial charge is 0.493 e. The summed E-state index contributed by atoms with van der Waals surface area (Å²) in [5.74, 6) is 0.999. The van der Waals surface area contributed by atoms with E-state index in [9.17, 15) is 0 Å². The van der Waals surface area contributed by atoms with Crippen molar-refractivity contribution in [1.82, 2.24) is 0 Å². The molecule has 0 aliphatic carbocycles. The summed E-state index contributed by atoms with van der Waals surface area (Å²) in [6.45, 7) is 0.763. The summed E-state index contributed by atoms with van der Waals surface area (Å²) in [6.07, 6.45) is 0.985. The molecule has 0 saturated heterocycles. The van der Waals surface area contributed by atoms with Gasteiger partial charge in [0.1, 0.15) is 5.75 Å². The molecule has 1 aliphatic rings. The highest BCUT2D eigenvalue weighted by atomic mass is 16.5. The number of fused-ring (bicyclic) bond motifs is 1. The average Bonchev–Trinajstić information content (AvgIpc) is 2.48. The van der Waals surface area contributed by atoms with Gasteiger partial charge in [-0.05, 0) is 18.2 Å². The van der Waals surface area contributed by atoms with Crippen molar-refractivity contribution in [2.24, 2.45) is 0 Å². The van der Waals surface area contributed by atoms with Crippen LogP contribution in [0.5, 0.6) is 5.75 Å². The molecule has 2 aromatic carbocycles. The molecular formula is C17H20N2O. The van der Waals surface area contributed by atoms with E-state index in [-0.39, 0.29) is 0 Å². The molecule has 1 heterocycles. The molecule has 1 N–H and O–H groups in total. The van der Waals surface area contributed by atoms with Gasteiger partial charge in [0.25, 0.3) is 0 Å². The SMILES string of the molecule is CN(C)c1ccccc1NC1CCOc2ccccc21. The first-order valence-electron chi connectivity index (χ1n) is 7.00. The minimum Gasteiger partial charge on any atom is -0.493 e. The molecule has 0 radical (unpaired) electrons. The second-order valence-electron chi connectivity index (χ2n) is 5.28. The van der Waals surface area contributed by atoms with Crippen molar-refractivity contribution < 1.29 is 4.74 Å². The molecule has 3 rings (SSSR count). The lowest BCUT2D eigenvalue weighted by Gasteiger charge is -2.29. The van der Waals surface area contributed by atoms with Crippen LogP contribution in [0, 0.1) is 0 Å². The lowest BCUT2D eigenvalue weighted by molar-refractivity contribution is 0.274. The highest BCUT2D eigenvalue weighted by Gasteiger charge is 2.21. The molecule has 1 aliphatic heterocycles. The fraction of sp³-hybridized carbons (Fsp3) is 0.294. The second kappa shape index (κ2) is 5.45. The zero-order valence-electron chi connectivity index (χ0n) is 12.0. The van der Waals surface area contributed by atoms with E-state index in [1.165, 1.54) is 16.9 Å². The van der Waals surface area contributed by atoms with Crippen LogP contribution in [-0.4, -0.2) is 20.7 Å². The molecule has 0 saturated carbocycles. The summed E-state index contributed by atoms with van der Waals surface area (Å²) in [4.78, 5) is 2.13. The van der Waals surface area contributed by atoms with Gasteiger partial charge < -0.3 is 15.0 Å². The van der Waals surface area contributed by atoms with Gasteiger partial charge in [0, 0.05) is 26.1 Å². The molecule has 2 aromatic rings. The molecule has 0 bridgehead atoms. The van der Waals surface area contributed by atoms with Crippen LogP contribution >= 0.6 is 0 Å². The highest BCUT2D eigenvalue weighted by molar-refractivity contribution is 5.70. The summed E-state index contributed by atoms with van der Waals surface area (Å²) in [6, 6.07) is 17.0. The van der Waals surface area contributed by atoms with E-state index in [1.807, 2.05) is 12.1 Å². The molecule has 20 heavy (non-hydrogen) atoms. The first-order chi connectivity index (χ1) is 9.75. The van der Waals surface area contributed by atoms with E-state index in [0.29, 0.717) is 6.04 Å². The van der Waals surface area contributed by atoms with Crippen molar-refractivity contribution in [3.8, 4) is 5.75 Å². The number of nitrogens with zero attached hydrogens (tertiary/aromatic N) is 1. The quantitative estimate of drug-likeness (QED) is 0.919. The van der Waals surface area contributed by atoms with Crippen LogP contribution in [0.1, 0.15) is 18.0 Å². The summed E-state index contributed by atoms with van der Waals surface area (Å²) in [7, 11) is 4.14. The maximum Gasteiger partial charge on any atom is 0.124 e. The summed E-state index contributed by atoms with van der Waals surface area (Å²) < 4.78 is 5.72. The molecule has 3 nitrogen and oxygen atoms in total. The van der Waals surface area contributed by atoms with Crippen LogP contribution in [0.25, 0.3) is 0 Å². The minimum atomic E-state index is 0.307. The predicted molar refractivity (Wildman–Crippen MR) is 83.7 cm³/mol. The maximum atomic E-state index is 5.72. The zero-order chi connectivity index (χ0) is 13.9. The van der Waals surface area contributed by atoms with Crippen LogP contribution in [-0.2, 0) is 0 Å². The Balaban J connectivity index is 1.90. The van der Waals surface area contributed by atoms with Gasteiger partial charge in [-0.2, -0.15) is 0 Å². The van der Waals surface area contributed by atoms with Crippen molar-refractivity contribution in [2.45, 2.75) is 12.5 Å². The fourth-order valence-corrected chi connectivity index (χ4v) is 2.67. The van der Waals surface area contributed by atoms with Crippen LogP contribution in [0.4, 0.5) is 11.4 Å². The van der Waals surface area contributed by atoms with Crippen molar-refractivity contribution in [3.05, 3.63) is 54.1 Å². The molecule has 0 amide bonds. The fourth-order valence-electron chi connectivity index (χ4n) is 2.67. The normalized spacial score (nSPS) is 17.0. The second-order valence-corrected chi connectivity index (χ2v) is 5.28. The van der Waals surface area contributed by atoms with Crippen molar-refractivity contribution in [2.75, 3.05) is 30.9 Å². The average molecular weight is 268 g/mol. The van der Waals surface area contributed by atoms with Gasteiger partial charge in [-0.15, -0.1) is 0 Å². The van der Waals surface area contributed by atoms with E-state index in [2.05, 4.69) is 60.7 Å². The number of anilines is 2. The van der Waals surface area contributed by atoms with E-state index in [0.717, 1.165) is 18.8 Å². The number of hydrogen-bond donors (Lipinski definition) is 1. The van der Waals surface area contributed by atoms with Gasteiger partial charge in [-0.3, -0.25) is 0 Å². The number of ether oxygens (including phenoxy) is 1. The zero-order valence-corrected chi connectivity index (χ0v) is 12.0. The Morgan fingerprint density at radius 2 is 1.80 bits per heavy atom. The number of nitrogens with one attached hydrogen (secondary N) is 1. The molecular weight excluding hydrogens is 248 g/mol.